The van der Waals surface area contributed by atoms with E-state index in [1.165, 1.54) is 0 Å². The summed E-state index contributed by atoms with van der Waals surface area (Å²) in [4.78, 5) is 35.7. The summed E-state index contributed by atoms with van der Waals surface area (Å²) >= 11 is 0. The Hall–Kier alpha value is -2.85. The molecular formula is C19H27N7O3. The zero-order valence-electron chi connectivity index (χ0n) is 16.8. The number of hydrogen-bond acceptors (Lipinski definition) is 6. The van der Waals surface area contributed by atoms with Crippen LogP contribution in [0.25, 0.3) is 22.1 Å². The molecule has 156 valence electrons. The van der Waals surface area contributed by atoms with Crippen molar-refractivity contribution in [2.45, 2.75) is 19.5 Å². The van der Waals surface area contributed by atoms with Crippen LogP contribution in [0, 0.1) is 0 Å². The van der Waals surface area contributed by atoms with Gasteiger partial charge in [-0.05, 0) is 12.1 Å². The van der Waals surface area contributed by atoms with Gasteiger partial charge in [-0.1, -0.05) is 0 Å². The third kappa shape index (κ3) is 3.85. The third-order valence-corrected chi connectivity index (χ3v) is 5.46. The summed E-state index contributed by atoms with van der Waals surface area (Å²) in [6.45, 7) is 5.03. The minimum atomic E-state index is -0.136. The molecule has 3 heterocycles. The molecule has 1 aromatic carbocycles. The van der Waals surface area contributed by atoms with E-state index in [4.69, 9.17) is 10.5 Å². The fraction of sp³-hybridized carbons (Fsp3) is 0.526. The predicted octanol–water partition coefficient (Wildman–Crippen LogP) is 0.0720. The molecule has 1 aliphatic heterocycles. The van der Waals surface area contributed by atoms with E-state index in [-0.39, 0.29) is 11.6 Å². The minimum absolute atomic E-state index is 0.0244. The Balaban J connectivity index is 1.65. The van der Waals surface area contributed by atoms with Crippen LogP contribution in [-0.4, -0.2) is 81.8 Å². The smallest absolute Gasteiger partial charge is 0.326 e. The summed E-state index contributed by atoms with van der Waals surface area (Å²) < 4.78 is 8.97. The van der Waals surface area contributed by atoms with E-state index < -0.39 is 0 Å². The number of fused-ring (bicyclic) bond motifs is 2. The number of hydrogen-bond donors (Lipinski definition) is 2. The van der Waals surface area contributed by atoms with Gasteiger partial charge >= 0.3 is 5.69 Å². The first kappa shape index (κ1) is 19.5. The molecule has 3 aromatic rings. The molecule has 0 bridgehead atoms. The normalized spacial score (nSPS) is 15.4. The van der Waals surface area contributed by atoms with Crippen LogP contribution >= 0.6 is 0 Å². The average Bonchev–Trinajstić information content (AvgIpc) is 3.17. The van der Waals surface area contributed by atoms with Gasteiger partial charge in [-0.15, -0.1) is 0 Å². The molecule has 0 spiro atoms. The number of aryl methyl sites for hydroxylation is 1. The highest BCUT2D eigenvalue weighted by Crippen LogP contribution is 2.24. The van der Waals surface area contributed by atoms with Gasteiger partial charge in [-0.25, -0.2) is 9.78 Å². The maximum Gasteiger partial charge on any atom is 0.326 e. The van der Waals surface area contributed by atoms with Crippen molar-refractivity contribution in [2.75, 3.05) is 52.7 Å². The molecule has 1 amide bonds. The number of morpholine rings is 1. The molecule has 0 atom stereocenters. The highest BCUT2D eigenvalue weighted by molar-refractivity contribution is 5.93. The first-order valence-electron chi connectivity index (χ1n) is 9.82. The summed E-state index contributed by atoms with van der Waals surface area (Å²) in [7, 11) is 3.46. The van der Waals surface area contributed by atoms with Gasteiger partial charge in [0.2, 0.25) is 11.9 Å². The topological polar surface area (TPSA) is 114 Å². The largest absolute Gasteiger partial charge is 0.379 e. The van der Waals surface area contributed by atoms with Crippen LogP contribution in [0.5, 0.6) is 0 Å². The number of amides is 1. The van der Waals surface area contributed by atoms with Crippen molar-refractivity contribution in [2.24, 2.45) is 0 Å². The first-order valence-corrected chi connectivity index (χ1v) is 9.82. The van der Waals surface area contributed by atoms with Crippen LogP contribution in [0.4, 0.5) is 5.95 Å². The number of anilines is 1. The zero-order chi connectivity index (χ0) is 20.5. The number of aromatic nitrogens is 4. The second-order valence-electron chi connectivity index (χ2n) is 7.55. The van der Waals surface area contributed by atoms with Crippen molar-refractivity contribution in [3.8, 4) is 0 Å². The lowest BCUT2D eigenvalue weighted by Gasteiger charge is -2.26. The van der Waals surface area contributed by atoms with E-state index in [1.807, 2.05) is 16.7 Å². The number of rotatable bonds is 6. The Labute approximate surface area is 167 Å². The molecule has 10 heteroatoms. The summed E-state index contributed by atoms with van der Waals surface area (Å²) in [6.07, 6.45) is 0.331. The SMILES string of the molecule is CN(C)C(=O)CCn1c(N)nc2cc3[nH]c(=O)n(CCN4CCOCC4)c3cc21. The summed E-state index contributed by atoms with van der Waals surface area (Å²) in [5.41, 5.74) is 9.04. The molecule has 0 aliphatic carbocycles. The van der Waals surface area contributed by atoms with Crippen LogP contribution in [0.2, 0.25) is 0 Å². The van der Waals surface area contributed by atoms with Crippen LogP contribution in [0.3, 0.4) is 0 Å². The number of aromatic amines is 1. The Kier molecular flexibility index (Phi) is 5.29. The van der Waals surface area contributed by atoms with Crippen LogP contribution in [-0.2, 0) is 22.6 Å². The number of carbonyl (C=O) groups is 1. The standard InChI is InChI=1S/C19H27N7O3/c1-23(2)17(27)3-4-25-15-12-16-14(11-13(15)21-18(25)20)22-19(28)26(16)6-5-24-7-9-29-10-8-24/h11-12H,3-10H2,1-2H3,(H2,20,21)(H,22,28). The molecule has 1 saturated heterocycles. The second kappa shape index (κ2) is 7.88. The van der Waals surface area contributed by atoms with Crippen molar-refractivity contribution in [1.82, 2.24) is 28.9 Å². The molecule has 3 N–H and O–H groups in total. The predicted molar refractivity (Wildman–Crippen MR) is 111 cm³/mol. The molecular weight excluding hydrogens is 374 g/mol. The molecule has 2 aromatic heterocycles. The highest BCUT2D eigenvalue weighted by Gasteiger charge is 2.16. The number of H-pyrrole nitrogens is 1. The van der Waals surface area contributed by atoms with E-state index in [0.29, 0.717) is 31.0 Å². The lowest BCUT2D eigenvalue weighted by atomic mass is 10.2. The molecule has 4 rings (SSSR count). The van der Waals surface area contributed by atoms with Gasteiger partial charge < -0.3 is 24.9 Å². The van der Waals surface area contributed by atoms with Crippen molar-refractivity contribution in [3.05, 3.63) is 22.6 Å². The fourth-order valence-electron chi connectivity index (χ4n) is 3.75. The number of benzene rings is 1. The molecule has 10 nitrogen and oxygen atoms in total. The number of nitrogen functional groups attached to an aromatic ring is 1. The summed E-state index contributed by atoms with van der Waals surface area (Å²) in [5, 5.41) is 0. The Morgan fingerprint density at radius 1 is 1.17 bits per heavy atom. The van der Waals surface area contributed by atoms with E-state index in [2.05, 4.69) is 14.9 Å². The van der Waals surface area contributed by atoms with Gasteiger partial charge in [0.25, 0.3) is 0 Å². The van der Waals surface area contributed by atoms with Gasteiger partial charge in [-0.2, -0.15) is 0 Å². The quantitative estimate of drug-likeness (QED) is 0.604. The molecule has 0 radical (unpaired) electrons. The van der Waals surface area contributed by atoms with E-state index >= 15 is 0 Å². The van der Waals surface area contributed by atoms with Crippen LogP contribution < -0.4 is 11.4 Å². The number of imidazole rings is 2. The van der Waals surface area contributed by atoms with E-state index in [0.717, 1.165) is 49.4 Å². The van der Waals surface area contributed by atoms with Crippen molar-refractivity contribution < 1.29 is 9.53 Å². The minimum Gasteiger partial charge on any atom is -0.379 e. The zero-order valence-corrected chi connectivity index (χ0v) is 16.8. The lowest BCUT2D eigenvalue weighted by Crippen LogP contribution is -2.39. The summed E-state index contributed by atoms with van der Waals surface area (Å²) in [6, 6.07) is 3.78. The van der Waals surface area contributed by atoms with Gasteiger partial charge in [-0.3, -0.25) is 14.3 Å². The van der Waals surface area contributed by atoms with Gasteiger partial charge in [0.1, 0.15) is 0 Å². The Morgan fingerprint density at radius 2 is 1.93 bits per heavy atom. The maximum atomic E-state index is 12.5. The van der Waals surface area contributed by atoms with E-state index in [1.54, 1.807) is 23.6 Å². The fourth-order valence-corrected chi connectivity index (χ4v) is 3.75. The monoisotopic (exact) mass is 401 g/mol. The van der Waals surface area contributed by atoms with Crippen LogP contribution in [0.15, 0.2) is 16.9 Å². The van der Waals surface area contributed by atoms with Crippen molar-refractivity contribution in [3.63, 3.8) is 0 Å². The number of carbonyl (C=O) groups excluding carboxylic acids is 1. The Bertz CT molecular complexity index is 1090. The van der Waals surface area contributed by atoms with E-state index in [9.17, 15) is 9.59 Å². The first-order chi connectivity index (χ1) is 13.9. The molecule has 29 heavy (non-hydrogen) atoms. The number of nitrogens with zero attached hydrogens (tertiary/aromatic N) is 5. The number of nitrogens with two attached hydrogens (primary N) is 1. The molecule has 1 aliphatic rings. The van der Waals surface area contributed by atoms with Crippen molar-refractivity contribution in [1.29, 1.82) is 0 Å². The van der Waals surface area contributed by atoms with Gasteiger partial charge in [0, 0.05) is 53.2 Å². The molecule has 1 fully saturated rings. The van der Waals surface area contributed by atoms with Crippen LogP contribution in [0.1, 0.15) is 6.42 Å². The van der Waals surface area contributed by atoms with Gasteiger partial charge in [0.15, 0.2) is 0 Å². The van der Waals surface area contributed by atoms with Crippen molar-refractivity contribution >= 4 is 33.9 Å². The summed E-state index contributed by atoms with van der Waals surface area (Å²) in [5.74, 6) is 0.387. The second-order valence-corrected chi connectivity index (χ2v) is 7.55. The number of nitrogens with one attached hydrogen (secondary N) is 1. The Morgan fingerprint density at radius 3 is 2.66 bits per heavy atom. The lowest BCUT2D eigenvalue weighted by molar-refractivity contribution is -0.128. The molecule has 0 saturated carbocycles. The third-order valence-electron chi connectivity index (χ3n) is 5.46. The van der Waals surface area contributed by atoms with Gasteiger partial charge in [0.05, 0.1) is 35.3 Å². The number of ether oxygens (including phenoxy) is 1. The highest BCUT2D eigenvalue weighted by atomic mass is 16.5. The maximum absolute atomic E-state index is 12.5. The average molecular weight is 401 g/mol. The molecule has 0 unspecified atom stereocenters.